The summed E-state index contributed by atoms with van der Waals surface area (Å²) < 4.78 is 0. The van der Waals surface area contributed by atoms with E-state index in [0.29, 0.717) is 17.3 Å². The molecule has 2 aromatic rings. The molecule has 1 saturated heterocycles. The molecule has 0 spiro atoms. The Labute approximate surface area is 128 Å². The standard InChI is InChI=1S/C20H25N/c1-16-15-21-14-13-20(16,2)19(17-9-5-3-6-10-17)18-11-7-4-8-12-18/h3-12,16,19,21H,13-15H2,1-2H3. The molecule has 1 nitrogen and oxygen atoms in total. The molecule has 1 N–H and O–H groups in total. The number of rotatable bonds is 3. The van der Waals surface area contributed by atoms with Crippen molar-refractivity contribution in [3.63, 3.8) is 0 Å². The van der Waals surface area contributed by atoms with Gasteiger partial charge in [0, 0.05) is 5.92 Å². The summed E-state index contributed by atoms with van der Waals surface area (Å²) in [6.45, 7) is 7.11. The molecule has 1 aliphatic heterocycles. The van der Waals surface area contributed by atoms with Crippen molar-refractivity contribution in [1.29, 1.82) is 0 Å². The van der Waals surface area contributed by atoms with Crippen LogP contribution in [0.2, 0.25) is 0 Å². The highest BCUT2D eigenvalue weighted by atomic mass is 14.9. The quantitative estimate of drug-likeness (QED) is 0.875. The third-order valence-electron chi connectivity index (χ3n) is 5.34. The lowest BCUT2D eigenvalue weighted by molar-refractivity contribution is 0.121. The molecule has 0 bridgehead atoms. The van der Waals surface area contributed by atoms with Gasteiger partial charge in [-0.15, -0.1) is 0 Å². The van der Waals surface area contributed by atoms with Crippen molar-refractivity contribution in [1.82, 2.24) is 5.32 Å². The highest BCUT2D eigenvalue weighted by molar-refractivity contribution is 5.35. The average Bonchev–Trinajstić information content (AvgIpc) is 2.53. The average molecular weight is 279 g/mol. The van der Waals surface area contributed by atoms with Crippen LogP contribution in [-0.2, 0) is 0 Å². The molecule has 2 aromatic carbocycles. The molecule has 110 valence electrons. The van der Waals surface area contributed by atoms with Gasteiger partial charge in [-0.2, -0.15) is 0 Å². The second-order valence-electron chi connectivity index (χ2n) is 6.62. The van der Waals surface area contributed by atoms with Gasteiger partial charge in [0.05, 0.1) is 0 Å². The third kappa shape index (κ3) is 2.75. The van der Waals surface area contributed by atoms with Gasteiger partial charge in [-0.05, 0) is 42.0 Å². The van der Waals surface area contributed by atoms with Crippen LogP contribution in [0.25, 0.3) is 0 Å². The lowest BCUT2D eigenvalue weighted by Gasteiger charge is -2.46. The zero-order chi connectivity index (χ0) is 14.7. The maximum atomic E-state index is 3.55. The summed E-state index contributed by atoms with van der Waals surface area (Å²) in [5.41, 5.74) is 3.19. The largest absolute Gasteiger partial charge is 0.316 e. The minimum atomic E-state index is 0.300. The molecule has 1 aliphatic rings. The molecule has 2 atom stereocenters. The lowest BCUT2D eigenvalue weighted by Crippen LogP contribution is -2.45. The number of benzene rings is 2. The van der Waals surface area contributed by atoms with Gasteiger partial charge in [-0.1, -0.05) is 74.5 Å². The number of hydrogen-bond donors (Lipinski definition) is 1. The fraction of sp³-hybridized carbons (Fsp3) is 0.400. The summed E-state index contributed by atoms with van der Waals surface area (Å²) in [4.78, 5) is 0. The minimum absolute atomic E-state index is 0.300. The normalized spacial score (nSPS) is 26.0. The van der Waals surface area contributed by atoms with E-state index in [1.807, 2.05) is 0 Å². The molecule has 3 rings (SSSR count). The highest BCUT2D eigenvalue weighted by Gasteiger charge is 2.41. The lowest BCUT2D eigenvalue weighted by atomic mass is 9.61. The predicted molar refractivity (Wildman–Crippen MR) is 89.5 cm³/mol. The van der Waals surface area contributed by atoms with Crippen LogP contribution in [0.15, 0.2) is 60.7 Å². The van der Waals surface area contributed by atoms with E-state index in [9.17, 15) is 0 Å². The van der Waals surface area contributed by atoms with E-state index < -0.39 is 0 Å². The van der Waals surface area contributed by atoms with Gasteiger partial charge >= 0.3 is 0 Å². The topological polar surface area (TPSA) is 12.0 Å². The molecule has 0 aromatic heterocycles. The molecule has 0 saturated carbocycles. The monoisotopic (exact) mass is 279 g/mol. The number of piperidine rings is 1. The second kappa shape index (κ2) is 6.03. The third-order valence-corrected chi connectivity index (χ3v) is 5.34. The van der Waals surface area contributed by atoms with E-state index in [0.717, 1.165) is 13.1 Å². The van der Waals surface area contributed by atoms with Crippen molar-refractivity contribution < 1.29 is 0 Å². The first kappa shape index (κ1) is 14.3. The number of hydrogen-bond acceptors (Lipinski definition) is 1. The molecule has 1 fully saturated rings. The second-order valence-corrected chi connectivity index (χ2v) is 6.62. The van der Waals surface area contributed by atoms with Gasteiger partial charge in [0.15, 0.2) is 0 Å². The molecule has 1 heteroatoms. The SMILES string of the molecule is CC1CNCCC1(C)C(c1ccccc1)c1ccccc1. The molecule has 21 heavy (non-hydrogen) atoms. The van der Waals surface area contributed by atoms with E-state index in [1.165, 1.54) is 17.5 Å². The fourth-order valence-corrected chi connectivity index (χ4v) is 3.83. The summed E-state index contributed by atoms with van der Waals surface area (Å²) in [5, 5.41) is 3.55. The van der Waals surface area contributed by atoms with Crippen molar-refractivity contribution in [3.8, 4) is 0 Å². The molecule has 0 aliphatic carbocycles. The van der Waals surface area contributed by atoms with Gasteiger partial charge in [0.1, 0.15) is 0 Å². The van der Waals surface area contributed by atoms with Gasteiger partial charge in [0.25, 0.3) is 0 Å². The molecular formula is C20H25N. The Hall–Kier alpha value is -1.60. The molecular weight excluding hydrogens is 254 g/mol. The Kier molecular flexibility index (Phi) is 4.12. The van der Waals surface area contributed by atoms with Crippen LogP contribution < -0.4 is 5.32 Å². The maximum Gasteiger partial charge on any atom is 0.0147 e. The fourth-order valence-electron chi connectivity index (χ4n) is 3.83. The van der Waals surface area contributed by atoms with E-state index in [2.05, 4.69) is 79.8 Å². The van der Waals surface area contributed by atoms with E-state index in [-0.39, 0.29) is 0 Å². The Morgan fingerprint density at radius 2 is 1.48 bits per heavy atom. The van der Waals surface area contributed by atoms with Gasteiger partial charge in [-0.3, -0.25) is 0 Å². The Balaban J connectivity index is 2.08. The van der Waals surface area contributed by atoms with Crippen LogP contribution in [0, 0.1) is 11.3 Å². The van der Waals surface area contributed by atoms with Crippen LogP contribution in [0.1, 0.15) is 37.3 Å². The smallest absolute Gasteiger partial charge is 0.0147 e. The summed E-state index contributed by atoms with van der Waals surface area (Å²) >= 11 is 0. The first-order valence-corrected chi connectivity index (χ1v) is 8.02. The zero-order valence-corrected chi connectivity index (χ0v) is 13.0. The molecule has 1 heterocycles. The number of nitrogens with one attached hydrogen (secondary N) is 1. The van der Waals surface area contributed by atoms with Crippen molar-refractivity contribution >= 4 is 0 Å². The molecule has 0 amide bonds. The summed E-state index contributed by atoms with van der Waals surface area (Å²) in [7, 11) is 0. The van der Waals surface area contributed by atoms with Crippen molar-refractivity contribution in [2.75, 3.05) is 13.1 Å². The highest BCUT2D eigenvalue weighted by Crippen LogP contribution is 2.49. The Bertz CT molecular complexity index is 523. The van der Waals surface area contributed by atoms with Crippen LogP contribution in [0.5, 0.6) is 0 Å². The summed E-state index contributed by atoms with van der Waals surface area (Å²) in [6, 6.07) is 22.0. The van der Waals surface area contributed by atoms with Crippen LogP contribution >= 0.6 is 0 Å². The van der Waals surface area contributed by atoms with Crippen LogP contribution in [-0.4, -0.2) is 13.1 Å². The molecule has 2 unspecified atom stereocenters. The van der Waals surface area contributed by atoms with Crippen molar-refractivity contribution in [2.45, 2.75) is 26.2 Å². The molecule has 0 radical (unpaired) electrons. The van der Waals surface area contributed by atoms with Gasteiger partial charge < -0.3 is 5.32 Å². The zero-order valence-electron chi connectivity index (χ0n) is 13.0. The summed E-state index contributed by atoms with van der Waals surface area (Å²) in [5.74, 6) is 1.13. The Morgan fingerprint density at radius 1 is 0.952 bits per heavy atom. The van der Waals surface area contributed by atoms with Crippen LogP contribution in [0.4, 0.5) is 0 Å². The van der Waals surface area contributed by atoms with Crippen molar-refractivity contribution in [2.24, 2.45) is 11.3 Å². The van der Waals surface area contributed by atoms with E-state index in [1.54, 1.807) is 0 Å². The Morgan fingerprint density at radius 3 is 1.95 bits per heavy atom. The van der Waals surface area contributed by atoms with E-state index >= 15 is 0 Å². The van der Waals surface area contributed by atoms with Gasteiger partial charge in [0.2, 0.25) is 0 Å². The summed E-state index contributed by atoms with van der Waals surface area (Å²) in [6.07, 6.45) is 1.22. The predicted octanol–water partition coefficient (Wildman–Crippen LogP) is 4.45. The first-order valence-electron chi connectivity index (χ1n) is 8.02. The van der Waals surface area contributed by atoms with E-state index in [4.69, 9.17) is 0 Å². The van der Waals surface area contributed by atoms with Crippen LogP contribution in [0.3, 0.4) is 0 Å². The van der Waals surface area contributed by atoms with Crippen molar-refractivity contribution in [3.05, 3.63) is 71.8 Å². The maximum absolute atomic E-state index is 3.55. The van der Waals surface area contributed by atoms with Gasteiger partial charge in [-0.25, -0.2) is 0 Å². The minimum Gasteiger partial charge on any atom is -0.316 e. The first-order chi connectivity index (χ1) is 10.2.